The lowest BCUT2D eigenvalue weighted by Gasteiger charge is -2.41. The summed E-state index contributed by atoms with van der Waals surface area (Å²) in [6, 6.07) is 1.85. The lowest BCUT2D eigenvalue weighted by atomic mass is 9.78. The zero-order valence-electron chi connectivity index (χ0n) is 19.5. The minimum Gasteiger partial charge on any atom is -0.381 e. The third-order valence-electron chi connectivity index (χ3n) is 8.62. The van der Waals surface area contributed by atoms with Gasteiger partial charge in [0.2, 0.25) is 5.91 Å². The number of carbonyl (C=O) groups excluding carboxylic acids is 1. The van der Waals surface area contributed by atoms with Crippen LogP contribution in [0.15, 0.2) is 12.3 Å². The molecule has 33 heavy (non-hydrogen) atoms. The van der Waals surface area contributed by atoms with Gasteiger partial charge in [0, 0.05) is 55.5 Å². The first-order valence-electron chi connectivity index (χ1n) is 12.3. The van der Waals surface area contributed by atoms with E-state index in [0.29, 0.717) is 42.2 Å². The van der Waals surface area contributed by atoms with Crippen molar-refractivity contribution in [2.75, 3.05) is 19.8 Å². The molecule has 2 aliphatic carbocycles. The molecular formula is C25H34F3N3O2. The van der Waals surface area contributed by atoms with Gasteiger partial charge in [-0.05, 0) is 49.7 Å². The average Bonchev–Trinajstić information content (AvgIpc) is 3.31. The number of pyridine rings is 1. The topological polar surface area (TPSA) is 54.5 Å². The lowest BCUT2D eigenvalue weighted by molar-refractivity contribution is -0.144. The Morgan fingerprint density at radius 3 is 2.88 bits per heavy atom. The van der Waals surface area contributed by atoms with Crippen molar-refractivity contribution in [3.05, 3.63) is 29.1 Å². The number of ether oxygens (including phenoxy) is 1. The number of nitrogens with one attached hydrogen (secondary N) is 1. The number of aromatic nitrogens is 1. The van der Waals surface area contributed by atoms with E-state index in [0.717, 1.165) is 57.9 Å². The van der Waals surface area contributed by atoms with E-state index >= 15 is 0 Å². The van der Waals surface area contributed by atoms with Crippen LogP contribution >= 0.6 is 0 Å². The zero-order valence-corrected chi connectivity index (χ0v) is 19.5. The van der Waals surface area contributed by atoms with Crippen LogP contribution in [0.25, 0.3) is 0 Å². The third kappa shape index (κ3) is 4.18. The second kappa shape index (κ2) is 8.22. The molecule has 5 nitrogen and oxygen atoms in total. The van der Waals surface area contributed by atoms with Crippen LogP contribution in [0.5, 0.6) is 0 Å². The molecule has 4 aliphatic rings. The van der Waals surface area contributed by atoms with Crippen LogP contribution in [0.3, 0.4) is 0 Å². The molecule has 3 heterocycles. The Hall–Kier alpha value is -1.67. The van der Waals surface area contributed by atoms with Crippen molar-refractivity contribution in [2.45, 2.75) is 83.6 Å². The molecule has 0 unspecified atom stereocenters. The molecule has 1 aromatic rings. The van der Waals surface area contributed by atoms with Crippen molar-refractivity contribution in [1.29, 1.82) is 0 Å². The predicted molar refractivity (Wildman–Crippen MR) is 117 cm³/mol. The second-order valence-corrected chi connectivity index (χ2v) is 11.2. The maximum Gasteiger partial charge on any atom is 0.417 e. The zero-order chi connectivity index (χ0) is 23.4. The largest absolute Gasteiger partial charge is 0.417 e. The van der Waals surface area contributed by atoms with Gasteiger partial charge in [-0.3, -0.25) is 9.78 Å². The van der Waals surface area contributed by atoms with Crippen LogP contribution in [0.4, 0.5) is 13.2 Å². The molecule has 0 spiro atoms. The fourth-order valence-electron chi connectivity index (χ4n) is 6.81. The minimum atomic E-state index is -4.42. The summed E-state index contributed by atoms with van der Waals surface area (Å²) < 4.78 is 45.2. The maximum atomic E-state index is 13.9. The van der Waals surface area contributed by atoms with Crippen LogP contribution in [0, 0.1) is 16.7 Å². The van der Waals surface area contributed by atoms with Gasteiger partial charge in [0.1, 0.15) is 0 Å². The maximum absolute atomic E-state index is 13.9. The van der Waals surface area contributed by atoms with Crippen LogP contribution in [-0.4, -0.2) is 47.6 Å². The molecule has 1 N–H and O–H groups in total. The highest BCUT2D eigenvalue weighted by molar-refractivity contribution is 5.84. The van der Waals surface area contributed by atoms with Gasteiger partial charge in [-0.25, -0.2) is 0 Å². The van der Waals surface area contributed by atoms with Gasteiger partial charge < -0.3 is 15.0 Å². The molecule has 3 fully saturated rings. The number of hydrogen-bond donors (Lipinski definition) is 1. The number of rotatable bonds is 3. The van der Waals surface area contributed by atoms with Crippen LogP contribution in [0.1, 0.15) is 69.2 Å². The number of halogens is 3. The predicted octanol–water partition coefficient (Wildman–Crippen LogP) is 4.34. The smallest absolute Gasteiger partial charge is 0.381 e. The molecule has 1 aromatic heterocycles. The third-order valence-corrected chi connectivity index (χ3v) is 8.62. The van der Waals surface area contributed by atoms with Crippen LogP contribution < -0.4 is 5.32 Å². The summed E-state index contributed by atoms with van der Waals surface area (Å²) >= 11 is 0. The Morgan fingerprint density at radius 1 is 1.30 bits per heavy atom. The van der Waals surface area contributed by atoms with E-state index in [1.165, 1.54) is 6.07 Å². The Kier molecular flexibility index (Phi) is 5.75. The fraction of sp³-hybridized carbons (Fsp3) is 0.760. The van der Waals surface area contributed by atoms with Crippen LogP contribution in [-0.2, 0) is 28.7 Å². The van der Waals surface area contributed by atoms with Gasteiger partial charge in [-0.2, -0.15) is 13.2 Å². The molecule has 0 bridgehead atoms. The summed E-state index contributed by atoms with van der Waals surface area (Å²) in [5.41, 5.74) is 0.163. The standard InChI is InChI=1S/C25H34F3N3O2/c1-23(2)15-33-9-6-21(23)30-19-11-17-4-3-7-24(17,12-19)22(32)31-8-5-20-16(14-31)10-18(13-29-20)25(26,27)28/h10,13,17,19,21,30H,3-9,11-12,14-15H2,1-2H3/t17-,19-,21+,24-/m1/s1. The van der Waals surface area contributed by atoms with E-state index in [1.54, 1.807) is 0 Å². The SMILES string of the molecule is CC1(C)COCC[C@@H]1N[C@@H]1C[C@H]2CCC[C@@]2(C(=O)N2CCc3ncc(C(F)(F)F)cc3C2)C1. The number of nitrogens with zero attached hydrogens (tertiary/aromatic N) is 2. The molecule has 0 radical (unpaired) electrons. The molecule has 1 saturated heterocycles. The molecule has 4 atom stereocenters. The van der Waals surface area contributed by atoms with Crippen molar-refractivity contribution in [2.24, 2.45) is 16.7 Å². The van der Waals surface area contributed by atoms with Gasteiger partial charge in [0.15, 0.2) is 0 Å². The van der Waals surface area contributed by atoms with Gasteiger partial charge in [-0.1, -0.05) is 20.3 Å². The summed E-state index contributed by atoms with van der Waals surface area (Å²) in [5, 5.41) is 3.87. The second-order valence-electron chi connectivity index (χ2n) is 11.2. The first-order chi connectivity index (χ1) is 15.6. The van der Waals surface area contributed by atoms with Gasteiger partial charge in [0.05, 0.1) is 17.6 Å². The highest BCUT2D eigenvalue weighted by atomic mass is 19.4. The van der Waals surface area contributed by atoms with Gasteiger partial charge in [0.25, 0.3) is 0 Å². The Morgan fingerprint density at radius 2 is 2.12 bits per heavy atom. The number of carbonyl (C=O) groups is 1. The highest BCUT2D eigenvalue weighted by Crippen LogP contribution is 2.56. The Bertz CT molecular complexity index is 919. The van der Waals surface area contributed by atoms with Crippen molar-refractivity contribution < 1.29 is 22.7 Å². The molecule has 0 aromatic carbocycles. The first kappa shape index (κ1) is 23.1. The van der Waals surface area contributed by atoms with E-state index in [9.17, 15) is 18.0 Å². The monoisotopic (exact) mass is 465 g/mol. The summed E-state index contributed by atoms with van der Waals surface area (Å²) in [6.07, 6.45) is 2.80. The van der Waals surface area contributed by atoms with Crippen molar-refractivity contribution >= 4 is 5.91 Å². The normalized spacial score (nSPS) is 33.6. The fourth-order valence-corrected chi connectivity index (χ4v) is 6.81. The summed E-state index contributed by atoms with van der Waals surface area (Å²) in [6.45, 7) is 6.73. The van der Waals surface area contributed by atoms with E-state index < -0.39 is 11.7 Å². The quantitative estimate of drug-likeness (QED) is 0.722. The van der Waals surface area contributed by atoms with E-state index in [2.05, 4.69) is 24.1 Å². The minimum absolute atomic E-state index is 0.0624. The Labute approximate surface area is 193 Å². The van der Waals surface area contributed by atoms with Crippen molar-refractivity contribution in [1.82, 2.24) is 15.2 Å². The molecule has 5 rings (SSSR count). The molecule has 1 amide bonds. The van der Waals surface area contributed by atoms with Gasteiger partial charge in [-0.15, -0.1) is 0 Å². The molecule has 2 saturated carbocycles. The summed E-state index contributed by atoms with van der Waals surface area (Å²) in [7, 11) is 0. The van der Waals surface area contributed by atoms with Gasteiger partial charge >= 0.3 is 6.18 Å². The van der Waals surface area contributed by atoms with E-state index in [-0.39, 0.29) is 23.3 Å². The summed E-state index contributed by atoms with van der Waals surface area (Å²) in [4.78, 5) is 19.8. The van der Waals surface area contributed by atoms with E-state index in [1.807, 2.05) is 4.90 Å². The summed E-state index contributed by atoms with van der Waals surface area (Å²) in [5.74, 6) is 0.495. The van der Waals surface area contributed by atoms with Crippen molar-refractivity contribution in [3.63, 3.8) is 0 Å². The van der Waals surface area contributed by atoms with Crippen LogP contribution in [0.2, 0.25) is 0 Å². The number of amides is 1. The number of alkyl halides is 3. The molecule has 182 valence electrons. The highest BCUT2D eigenvalue weighted by Gasteiger charge is 2.56. The van der Waals surface area contributed by atoms with Crippen molar-refractivity contribution in [3.8, 4) is 0 Å². The molecule has 2 aliphatic heterocycles. The Balaban J connectivity index is 1.32. The van der Waals surface area contributed by atoms with E-state index in [4.69, 9.17) is 4.74 Å². The first-order valence-corrected chi connectivity index (χ1v) is 12.3. The lowest BCUT2D eigenvalue weighted by Crippen LogP contribution is -2.52. The average molecular weight is 466 g/mol. The molecular weight excluding hydrogens is 431 g/mol. The number of hydrogen-bond acceptors (Lipinski definition) is 4. The molecule has 8 heteroatoms. The number of fused-ring (bicyclic) bond motifs is 2.